The van der Waals surface area contributed by atoms with E-state index in [0.717, 1.165) is 23.4 Å². The maximum atomic E-state index is 10.8. The Labute approximate surface area is 124 Å². The smallest absolute Gasteiger partial charge is 0.335 e. The molecule has 0 saturated heterocycles. The predicted octanol–water partition coefficient (Wildman–Crippen LogP) is 3.47. The summed E-state index contributed by atoms with van der Waals surface area (Å²) in [6.45, 7) is 6.99. The van der Waals surface area contributed by atoms with Gasteiger partial charge in [-0.1, -0.05) is 19.1 Å². The molecule has 1 aromatic heterocycles. The second kappa shape index (κ2) is 6.43. The van der Waals surface area contributed by atoms with E-state index < -0.39 is 5.97 Å². The van der Waals surface area contributed by atoms with Crippen LogP contribution in [0.15, 0.2) is 30.5 Å². The fraction of sp³-hybridized carbons (Fsp3) is 0.375. The van der Waals surface area contributed by atoms with Crippen LogP contribution in [0.1, 0.15) is 47.9 Å². The molecule has 0 saturated carbocycles. The lowest BCUT2D eigenvalue weighted by Crippen LogP contribution is -2.08. The Morgan fingerprint density at radius 2 is 2.05 bits per heavy atom. The maximum absolute atomic E-state index is 10.8. The number of carbonyl (C=O) groups is 1. The van der Waals surface area contributed by atoms with Crippen molar-refractivity contribution in [1.82, 2.24) is 9.78 Å². The molecular weight excluding hydrogens is 266 g/mol. The average molecular weight is 287 g/mol. The van der Waals surface area contributed by atoms with Gasteiger partial charge in [0.15, 0.2) is 0 Å². The van der Waals surface area contributed by atoms with Crippen LogP contribution >= 0.6 is 0 Å². The van der Waals surface area contributed by atoms with E-state index in [2.05, 4.69) is 31.2 Å². The molecule has 2 rings (SSSR count). The van der Waals surface area contributed by atoms with Gasteiger partial charge in [0, 0.05) is 12.6 Å². The van der Waals surface area contributed by atoms with Crippen molar-refractivity contribution in [3.8, 4) is 0 Å². The van der Waals surface area contributed by atoms with Crippen LogP contribution in [0, 0.1) is 6.92 Å². The number of rotatable bonds is 6. The molecule has 5 nitrogen and oxygen atoms in total. The SMILES string of the molecule is CCC(C)n1ncc(NCc2ccc(C(=O)O)cc2)c1C. The minimum absolute atomic E-state index is 0.305. The van der Waals surface area contributed by atoms with E-state index in [4.69, 9.17) is 5.11 Å². The molecule has 0 spiro atoms. The summed E-state index contributed by atoms with van der Waals surface area (Å²) < 4.78 is 2.02. The second-order valence-electron chi connectivity index (χ2n) is 5.20. The fourth-order valence-electron chi connectivity index (χ4n) is 2.18. The highest BCUT2D eigenvalue weighted by Crippen LogP contribution is 2.20. The van der Waals surface area contributed by atoms with Gasteiger partial charge in [0.2, 0.25) is 0 Å². The first-order chi connectivity index (χ1) is 10.0. The molecule has 5 heteroatoms. The summed E-state index contributed by atoms with van der Waals surface area (Å²) in [5.74, 6) is -0.903. The third kappa shape index (κ3) is 3.42. The number of aromatic nitrogens is 2. The van der Waals surface area contributed by atoms with Crippen molar-refractivity contribution in [1.29, 1.82) is 0 Å². The minimum Gasteiger partial charge on any atom is -0.478 e. The Bertz CT molecular complexity index is 617. The van der Waals surface area contributed by atoms with Gasteiger partial charge < -0.3 is 10.4 Å². The predicted molar refractivity (Wildman–Crippen MR) is 82.7 cm³/mol. The molecule has 1 heterocycles. The first kappa shape index (κ1) is 15.1. The topological polar surface area (TPSA) is 67.2 Å². The summed E-state index contributed by atoms with van der Waals surface area (Å²) in [6, 6.07) is 7.27. The fourth-order valence-corrected chi connectivity index (χ4v) is 2.18. The molecular formula is C16H21N3O2. The molecule has 0 amide bonds. The lowest BCUT2D eigenvalue weighted by atomic mass is 10.1. The van der Waals surface area contributed by atoms with Gasteiger partial charge in [-0.3, -0.25) is 4.68 Å². The summed E-state index contributed by atoms with van der Waals surface area (Å²) in [5.41, 5.74) is 3.47. The number of aromatic carboxylic acids is 1. The highest BCUT2D eigenvalue weighted by atomic mass is 16.4. The van der Waals surface area contributed by atoms with E-state index in [1.54, 1.807) is 12.1 Å². The molecule has 0 aliphatic heterocycles. The lowest BCUT2D eigenvalue weighted by Gasteiger charge is -2.12. The van der Waals surface area contributed by atoms with Crippen molar-refractivity contribution in [2.45, 2.75) is 39.8 Å². The van der Waals surface area contributed by atoms with Crippen LogP contribution in [0.25, 0.3) is 0 Å². The van der Waals surface area contributed by atoms with Gasteiger partial charge in [-0.05, 0) is 38.0 Å². The molecule has 2 N–H and O–H groups in total. The van der Waals surface area contributed by atoms with Gasteiger partial charge in [-0.15, -0.1) is 0 Å². The van der Waals surface area contributed by atoms with Crippen molar-refractivity contribution in [3.63, 3.8) is 0 Å². The molecule has 0 aliphatic carbocycles. The second-order valence-corrected chi connectivity index (χ2v) is 5.20. The Hall–Kier alpha value is -2.30. The third-order valence-electron chi connectivity index (χ3n) is 3.74. The van der Waals surface area contributed by atoms with E-state index in [1.165, 1.54) is 0 Å². The van der Waals surface area contributed by atoms with Gasteiger partial charge in [-0.2, -0.15) is 5.10 Å². The monoisotopic (exact) mass is 287 g/mol. The average Bonchev–Trinajstić information content (AvgIpc) is 2.86. The summed E-state index contributed by atoms with van der Waals surface area (Å²) in [5, 5.41) is 16.6. The summed E-state index contributed by atoms with van der Waals surface area (Å²) in [4.78, 5) is 10.8. The molecule has 1 aromatic carbocycles. The van der Waals surface area contributed by atoms with Crippen LogP contribution in [0.4, 0.5) is 5.69 Å². The van der Waals surface area contributed by atoms with Crippen molar-refractivity contribution in [2.75, 3.05) is 5.32 Å². The first-order valence-electron chi connectivity index (χ1n) is 7.13. The van der Waals surface area contributed by atoms with Crippen LogP contribution in [-0.2, 0) is 6.54 Å². The number of anilines is 1. The molecule has 1 unspecified atom stereocenters. The number of nitrogens with one attached hydrogen (secondary N) is 1. The van der Waals surface area contributed by atoms with Gasteiger partial charge in [0.1, 0.15) is 0 Å². The Kier molecular flexibility index (Phi) is 4.62. The van der Waals surface area contributed by atoms with Crippen LogP contribution in [0.5, 0.6) is 0 Å². The summed E-state index contributed by atoms with van der Waals surface area (Å²) in [7, 11) is 0. The Morgan fingerprint density at radius 3 is 2.62 bits per heavy atom. The molecule has 0 bridgehead atoms. The van der Waals surface area contributed by atoms with Gasteiger partial charge in [0.05, 0.1) is 23.1 Å². The van der Waals surface area contributed by atoms with E-state index in [9.17, 15) is 4.79 Å². The highest BCUT2D eigenvalue weighted by Gasteiger charge is 2.10. The van der Waals surface area contributed by atoms with Crippen LogP contribution in [0.3, 0.4) is 0 Å². The van der Waals surface area contributed by atoms with Crippen LogP contribution < -0.4 is 5.32 Å². The van der Waals surface area contributed by atoms with Crippen molar-refractivity contribution in [3.05, 3.63) is 47.3 Å². The van der Waals surface area contributed by atoms with Crippen LogP contribution in [-0.4, -0.2) is 20.9 Å². The number of carboxylic acid groups (broad SMARTS) is 1. The largest absolute Gasteiger partial charge is 0.478 e. The molecule has 21 heavy (non-hydrogen) atoms. The van der Waals surface area contributed by atoms with E-state index in [0.29, 0.717) is 18.2 Å². The third-order valence-corrected chi connectivity index (χ3v) is 3.74. The number of benzene rings is 1. The number of hydrogen-bond donors (Lipinski definition) is 2. The number of carboxylic acids is 1. The summed E-state index contributed by atoms with van der Waals surface area (Å²) >= 11 is 0. The van der Waals surface area contributed by atoms with Gasteiger partial charge in [0.25, 0.3) is 0 Å². The zero-order chi connectivity index (χ0) is 15.4. The zero-order valence-electron chi connectivity index (χ0n) is 12.6. The highest BCUT2D eigenvalue weighted by molar-refractivity contribution is 5.87. The van der Waals surface area contributed by atoms with Crippen molar-refractivity contribution >= 4 is 11.7 Å². The lowest BCUT2D eigenvalue weighted by molar-refractivity contribution is 0.0697. The number of nitrogens with zero attached hydrogens (tertiary/aromatic N) is 2. The van der Waals surface area contributed by atoms with E-state index in [1.807, 2.05) is 23.0 Å². The molecule has 0 aliphatic rings. The molecule has 2 aromatic rings. The quantitative estimate of drug-likeness (QED) is 0.853. The van der Waals surface area contributed by atoms with E-state index >= 15 is 0 Å². The van der Waals surface area contributed by atoms with Crippen molar-refractivity contribution in [2.24, 2.45) is 0 Å². The van der Waals surface area contributed by atoms with Crippen molar-refractivity contribution < 1.29 is 9.90 Å². The Morgan fingerprint density at radius 1 is 1.38 bits per heavy atom. The standard InChI is InChI=1S/C16H21N3O2/c1-4-11(2)19-12(3)15(10-18-19)17-9-13-5-7-14(8-6-13)16(20)21/h5-8,10-11,17H,4,9H2,1-3H3,(H,20,21). The molecule has 0 fully saturated rings. The molecule has 1 atom stereocenters. The first-order valence-corrected chi connectivity index (χ1v) is 7.13. The van der Waals surface area contributed by atoms with E-state index in [-0.39, 0.29) is 0 Å². The van der Waals surface area contributed by atoms with Gasteiger partial charge in [-0.25, -0.2) is 4.79 Å². The van der Waals surface area contributed by atoms with Gasteiger partial charge >= 0.3 is 5.97 Å². The normalized spacial score (nSPS) is 12.1. The maximum Gasteiger partial charge on any atom is 0.335 e. The molecule has 112 valence electrons. The van der Waals surface area contributed by atoms with Crippen LogP contribution in [0.2, 0.25) is 0 Å². The molecule has 0 radical (unpaired) electrons. The Balaban J connectivity index is 2.03. The summed E-state index contributed by atoms with van der Waals surface area (Å²) in [6.07, 6.45) is 2.88. The minimum atomic E-state index is -0.903. The zero-order valence-corrected chi connectivity index (χ0v) is 12.6. The number of hydrogen-bond acceptors (Lipinski definition) is 3.